The monoisotopic (exact) mass is 252 g/mol. The summed E-state index contributed by atoms with van der Waals surface area (Å²) in [4.78, 5) is 5.06. The summed E-state index contributed by atoms with van der Waals surface area (Å²) < 4.78 is 0. The van der Waals surface area contributed by atoms with Gasteiger partial charge in [0.1, 0.15) is 6.17 Å². The zero-order valence-corrected chi connectivity index (χ0v) is 12.9. The van der Waals surface area contributed by atoms with Crippen LogP contribution in [-0.4, -0.2) is 29.1 Å². The third-order valence-electron chi connectivity index (χ3n) is 3.73. The first kappa shape index (κ1) is 15.4. The number of unbranched alkanes of at least 4 members (excludes halogenated alkanes) is 4. The first-order valence-electron chi connectivity index (χ1n) is 7.90. The maximum atomic E-state index is 2.55. The molecule has 1 atom stereocenters. The van der Waals surface area contributed by atoms with Crippen LogP contribution in [0.5, 0.6) is 0 Å². The molecule has 2 heteroatoms. The lowest BCUT2D eigenvalue weighted by molar-refractivity contribution is 0.106. The van der Waals surface area contributed by atoms with Gasteiger partial charge in [-0.3, -0.25) is 0 Å². The normalized spacial score (nSPS) is 19.3. The van der Waals surface area contributed by atoms with Crippen molar-refractivity contribution >= 4 is 0 Å². The van der Waals surface area contributed by atoms with Crippen LogP contribution in [0.2, 0.25) is 0 Å². The van der Waals surface area contributed by atoms with Crippen LogP contribution in [0.1, 0.15) is 66.2 Å². The van der Waals surface area contributed by atoms with Gasteiger partial charge in [0.05, 0.1) is 0 Å². The highest BCUT2D eigenvalue weighted by atomic mass is 15.4. The van der Waals surface area contributed by atoms with Gasteiger partial charge >= 0.3 is 0 Å². The molecule has 0 aromatic carbocycles. The Morgan fingerprint density at radius 3 is 2.00 bits per heavy atom. The molecule has 0 aromatic rings. The van der Waals surface area contributed by atoms with E-state index in [2.05, 4.69) is 49.9 Å². The zero-order valence-electron chi connectivity index (χ0n) is 12.9. The highest BCUT2D eigenvalue weighted by Crippen LogP contribution is 2.23. The summed E-state index contributed by atoms with van der Waals surface area (Å²) in [6.45, 7) is 11.6. The largest absolute Gasteiger partial charge is 0.356 e. The van der Waals surface area contributed by atoms with Crippen molar-refractivity contribution in [3.8, 4) is 0 Å². The second kappa shape index (κ2) is 8.44. The van der Waals surface area contributed by atoms with Crippen LogP contribution >= 0.6 is 0 Å². The molecule has 0 spiro atoms. The van der Waals surface area contributed by atoms with E-state index in [1.54, 1.807) is 0 Å². The van der Waals surface area contributed by atoms with Crippen molar-refractivity contribution in [2.75, 3.05) is 13.1 Å². The Hall–Kier alpha value is -0.660. The molecule has 2 nitrogen and oxygen atoms in total. The number of rotatable bonds is 9. The second-order valence-electron chi connectivity index (χ2n) is 5.85. The topological polar surface area (TPSA) is 6.48 Å². The van der Waals surface area contributed by atoms with E-state index in [0.29, 0.717) is 12.1 Å². The van der Waals surface area contributed by atoms with Crippen LogP contribution in [0.25, 0.3) is 0 Å². The van der Waals surface area contributed by atoms with Gasteiger partial charge in [-0.05, 0) is 18.8 Å². The number of hydrogen-bond donors (Lipinski definition) is 0. The van der Waals surface area contributed by atoms with Crippen molar-refractivity contribution in [3.63, 3.8) is 0 Å². The molecule has 0 fully saturated rings. The van der Waals surface area contributed by atoms with Crippen molar-refractivity contribution in [2.24, 2.45) is 5.92 Å². The third kappa shape index (κ3) is 4.55. The standard InChI is InChI=1S/C16H32N2/c1-5-7-8-9-10-12-18-14-13-17(11-6-2)16(18)15(3)4/h13-16H,5-12H2,1-4H3. The maximum Gasteiger partial charge on any atom is 0.103 e. The third-order valence-corrected chi connectivity index (χ3v) is 3.73. The lowest BCUT2D eigenvalue weighted by Crippen LogP contribution is -2.43. The van der Waals surface area contributed by atoms with Gasteiger partial charge in [-0.2, -0.15) is 0 Å². The smallest absolute Gasteiger partial charge is 0.103 e. The van der Waals surface area contributed by atoms with E-state index < -0.39 is 0 Å². The summed E-state index contributed by atoms with van der Waals surface area (Å²) in [7, 11) is 0. The lowest BCUT2D eigenvalue weighted by Gasteiger charge is -2.35. The first-order valence-corrected chi connectivity index (χ1v) is 7.90. The van der Waals surface area contributed by atoms with Crippen LogP contribution in [0.3, 0.4) is 0 Å². The van der Waals surface area contributed by atoms with Crippen molar-refractivity contribution < 1.29 is 0 Å². The molecule has 1 rings (SSSR count). The van der Waals surface area contributed by atoms with Crippen molar-refractivity contribution in [2.45, 2.75) is 72.4 Å². The SMILES string of the molecule is CCCCCCCN1C=CN(CCC)C1C(C)C. The Morgan fingerprint density at radius 2 is 1.44 bits per heavy atom. The van der Waals surface area contributed by atoms with Crippen LogP contribution in [-0.2, 0) is 0 Å². The van der Waals surface area contributed by atoms with Gasteiger partial charge in [0.15, 0.2) is 0 Å². The summed E-state index contributed by atoms with van der Waals surface area (Å²) in [5, 5.41) is 0. The molecule has 1 aliphatic rings. The molecule has 0 bridgehead atoms. The molecule has 0 aliphatic carbocycles. The van der Waals surface area contributed by atoms with Crippen LogP contribution < -0.4 is 0 Å². The Kier molecular flexibility index (Phi) is 7.22. The molecule has 18 heavy (non-hydrogen) atoms. The zero-order chi connectivity index (χ0) is 13.4. The van der Waals surface area contributed by atoms with Gasteiger partial charge in [-0.1, -0.05) is 53.4 Å². The molecule has 0 amide bonds. The Morgan fingerprint density at radius 1 is 0.833 bits per heavy atom. The first-order chi connectivity index (χ1) is 8.70. The minimum atomic E-state index is 0.594. The molecule has 1 unspecified atom stereocenters. The van der Waals surface area contributed by atoms with E-state index in [-0.39, 0.29) is 0 Å². The summed E-state index contributed by atoms with van der Waals surface area (Å²) in [6, 6.07) is 0. The number of nitrogens with zero attached hydrogens (tertiary/aromatic N) is 2. The van der Waals surface area contributed by atoms with E-state index in [0.717, 1.165) is 0 Å². The van der Waals surface area contributed by atoms with E-state index in [9.17, 15) is 0 Å². The molecule has 1 aliphatic heterocycles. The van der Waals surface area contributed by atoms with Crippen molar-refractivity contribution in [1.29, 1.82) is 0 Å². The van der Waals surface area contributed by atoms with Crippen LogP contribution in [0.4, 0.5) is 0 Å². The Labute approximate surface area is 114 Å². The summed E-state index contributed by atoms with van der Waals surface area (Å²) in [5.41, 5.74) is 0. The van der Waals surface area contributed by atoms with Crippen molar-refractivity contribution in [3.05, 3.63) is 12.4 Å². The number of hydrogen-bond acceptors (Lipinski definition) is 2. The molecule has 0 N–H and O–H groups in total. The molecule has 1 heterocycles. The highest BCUT2D eigenvalue weighted by Gasteiger charge is 2.27. The average molecular weight is 252 g/mol. The molecule has 0 radical (unpaired) electrons. The van der Waals surface area contributed by atoms with E-state index in [4.69, 9.17) is 0 Å². The fraction of sp³-hybridized carbons (Fsp3) is 0.875. The van der Waals surface area contributed by atoms with Gasteiger partial charge < -0.3 is 9.80 Å². The molecule has 0 aromatic heterocycles. The molecular weight excluding hydrogens is 220 g/mol. The lowest BCUT2D eigenvalue weighted by atomic mass is 10.1. The minimum Gasteiger partial charge on any atom is -0.356 e. The van der Waals surface area contributed by atoms with Crippen LogP contribution in [0, 0.1) is 5.92 Å². The summed E-state index contributed by atoms with van der Waals surface area (Å²) >= 11 is 0. The minimum absolute atomic E-state index is 0.594. The fourth-order valence-corrected chi connectivity index (χ4v) is 2.87. The van der Waals surface area contributed by atoms with Gasteiger partial charge in [-0.15, -0.1) is 0 Å². The second-order valence-corrected chi connectivity index (χ2v) is 5.85. The van der Waals surface area contributed by atoms with E-state index in [1.165, 1.54) is 51.6 Å². The fourth-order valence-electron chi connectivity index (χ4n) is 2.87. The summed E-state index contributed by atoms with van der Waals surface area (Å²) in [5.74, 6) is 0.696. The average Bonchev–Trinajstić information content (AvgIpc) is 2.72. The molecule has 0 saturated carbocycles. The predicted molar refractivity (Wildman–Crippen MR) is 80.2 cm³/mol. The molecular formula is C16H32N2. The predicted octanol–water partition coefficient (Wildman–Crippen LogP) is 4.44. The van der Waals surface area contributed by atoms with E-state index >= 15 is 0 Å². The Bertz CT molecular complexity index is 235. The van der Waals surface area contributed by atoms with Gasteiger partial charge in [0.25, 0.3) is 0 Å². The van der Waals surface area contributed by atoms with Crippen LogP contribution in [0.15, 0.2) is 12.4 Å². The van der Waals surface area contributed by atoms with E-state index in [1.807, 2.05) is 0 Å². The Balaban J connectivity index is 2.33. The molecule has 106 valence electrons. The molecule has 0 saturated heterocycles. The maximum absolute atomic E-state index is 2.55. The highest BCUT2D eigenvalue weighted by molar-refractivity contribution is 4.97. The quantitative estimate of drug-likeness (QED) is 0.560. The van der Waals surface area contributed by atoms with Gasteiger partial charge in [-0.25, -0.2) is 0 Å². The van der Waals surface area contributed by atoms with Gasteiger partial charge in [0.2, 0.25) is 0 Å². The summed E-state index contributed by atoms with van der Waals surface area (Å²) in [6.07, 6.45) is 13.3. The van der Waals surface area contributed by atoms with Crippen molar-refractivity contribution in [1.82, 2.24) is 9.80 Å². The van der Waals surface area contributed by atoms with Gasteiger partial charge in [0, 0.05) is 25.5 Å².